The van der Waals surface area contributed by atoms with Crippen LogP contribution in [0.5, 0.6) is 5.75 Å². The lowest BCUT2D eigenvalue weighted by atomic mass is 10.1. The van der Waals surface area contributed by atoms with Crippen LogP contribution in [0.4, 0.5) is 5.69 Å². The van der Waals surface area contributed by atoms with Gasteiger partial charge in [-0.15, -0.1) is 0 Å². The van der Waals surface area contributed by atoms with Gasteiger partial charge in [0, 0.05) is 18.7 Å². The van der Waals surface area contributed by atoms with Crippen LogP contribution in [0.25, 0.3) is 0 Å². The summed E-state index contributed by atoms with van der Waals surface area (Å²) in [5, 5.41) is 0. The molecule has 0 saturated carbocycles. The van der Waals surface area contributed by atoms with E-state index in [1.807, 2.05) is 35.2 Å². The highest BCUT2D eigenvalue weighted by molar-refractivity contribution is 5.95. The smallest absolute Gasteiger partial charge is 0.227 e. The normalized spacial score (nSPS) is 13.0. The fourth-order valence-corrected chi connectivity index (χ4v) is 2.97. The van der Waals surface area contributed by atoms with Crippen LogP contribution < -0.4 is 9.64 Å². The molecule has 1 aliphatic rings. The number of carbonyl (C=O) groups excluding carboxylic acids is 1. The van der Waals surface area contributed by atoms with Crippen molar-refractivity contribution >= 4 is 11.6 Å². The van der Waals surface area contributed by atoms with Gasteiger partial charge in [-0.1, -0.05) is 30.3 Å². The predicted molar refractivity (Wildman–Crippen MR) is 88.4 cm³/mol. The maximum atomic E-state index is 12.4. The van der Waals surface area contributed by atoms with Crippen LogP contribution >= 0.6 is 0 Å². The number of methoxy groups -OCH3 is 1. The molecule has 1 aliphatic heterocycles. The maximum Gasteiger partial charge on any atom is 0.227 e. The zero-order valence-electron chi connectivity index (χ0n) is 12.9. The van der Waals surface area contributed by atoms with Gasteiger partial charge in [-0.2, -0.15) is 0 Å². The second-order valence-electron chi connectivity index (χ2n) is 5.63. The van der Waals surface area contributed by atoms with Crippen molar-refractivity contribution in [1.82, 2.24) is 0 Å². The van der Waals surface area contributed by atoms with Crippen molar-refractivity contribution in [3.8, 4) is 5.75 Å². The summed E-state index contributed by atoms with van der Waals surface area (Å²) in [7, 11) is 1.67. The van der Waals surface area contributed by atoms with Crippen molar-refractivity contribution < 1.29 is 9.53 Å². The molecule has 0 atom stereocenters. The average Bonchev–Trinajstić information content (AvgIpc) is 2.99. The zero-order chi connectivity index (χ0) is 15.4. The third kappa shape index (κ3) is 3.14. The number of amides is 1. The number of benzene rings is 2. The van der Waals surface area contributed by atoms with Gasteiger partial charge in [0.1, 0.15) is 5.75 Å². The number of rotatable bonds is 5. The van der Waals surface area contributed by atoms with Crippen molar-refractivity contribution in [3.05, 3.63) is 59.7 Å². The molecule has 0 bridgehead atoms. The third-order valence-corrected chi connectivity index (χ3v) is 4.20. The quantitative estimate of drug-likeness (QED) is 0.843. The Labute approximate surface area is 131 Å². The number of carbonyl (C=O) groups is 1. The molecule has 1 heterocycles. The molecule has 0 N–H and O–H groups in total. The molecule has 0 fully saturated rings. The molecule has 3 nitrogen and oxygen atoms in total. The molecule has 1 amide bonds. The van der Waals surface area contributed by atoms with Crippen molar-refractivity contribution in [3.63, 3.8) is 0 Å². The first-order chi connectivity index (χ1) is 10.8. The molecule has 0 aromatic heterocycles. The minimum absolute atomic E-state index is 0.235. The molecule has 0 saturated heterocycles. The van der Waals surface area contributed by atoms with Crippen molar-refractivity contribution in [2.75, 3.05) is 18.6 Å². The highest BCUT2D eigenvalue weighted by atomic mass is 16.5. The van der Waals surface area contributed by atoms with Gasteiger partial charge >= 0.3 is 0 Å². The minimum Gasteiger partial charge on any atom is -0.497 e. The molecule has 3 rings (SSSR count). The fraction of sp³-hybridized carbons (Fsp3) is 0.316. The summed E-state index contributed by atoms with van der Waals surface area (Å²) in [6, 6.07) is 16.3. The van der Waals surface area contributed by atoms with Gasteiger partial charge in [-0.05, 0) is 48.6 Å². The van der Waals surface area contributed by atoms with E-state index < -0.39 is 0 Å². The SMILES string of the molecule is COc1ccc(CCCC(=O)N2CCc3ccccc32)cc1. The molecule has 22 heavy (non-hydrogen) atoms. The number of hydrogen-bond acceptors (Lipinski definition) is 2. The maximum absolute atomic E-state index is 12.4. The number of aryl methyl sites for hydroxylation is 1. The standard InChI is InChI=1S/C19H21NO2/c1-22-17-11-9-15(10-12-17)5-4-8-19(21)20-14-13-16-6-2-3-7-18(16)20/h2-3,6-7,9-12H,4-5,8,13-14H2,1H3. The Hall–Kier alpha value is -2.29. The first kappa shape index (κ1) is 14.6. The Bertz CT molecular complexity index is 649. The molecule has 114 valence electrons. The Balaban J connectivity index is 1.52. The molecular formula is C19H21NO2. The summed E-state index contributed by atoms with van der Waals surface area (Å²) in [5.74, 6) is 1.10. The number of anilines is 1. The van der Waals surface area contributed by atoms with Crippen molar-refractivity contribution in [1.29, 1.82) is 0 Å². The zero-order valence-corrected chi connectivity index (χ0v) is 12.9. The topological polar surface area (TPSA) is 29.5 Å². The summed E-state index contributed by atoms with van der Waals surface area (Å²) in [5.41, 5.74) is 3.62. The second kappa shape index (κ2) is 6.65. The Morgan fingerprint density at radius 1 is 1.14 bits per heavy atom. The third-order valence-electron chi connectivity index (χ3n) is 4.20. The molecule has 3 heteroatoms. The van der Waals surface area contributed by atoms with Gasteiger partial charge in [-0.3, -0.25) is 4.79 Å². The summed E-state index contributed by atoms with van der Waals surface area (Å²) < 4.78 is 5.15. The lowest BCUT2D eigenvalue weighted by molar-refractivity contribution is -0.118. The van der Waals surface area contributed by atoms with E-state index in [2.05, 4.69) is 18.2 Å². The van der Waals surface area contributed by atoms with Crippen molar-refractivity contribution in [2.24, 2.45) is 0 Å². The average molecular weight is 295 g/mol. The molecule has 2 aromatic rings. The first-order valence-electron chi connectivity index (χ1n) is 7.79. The van der Waals surface area contributed by atoms with Crippen LogP contribution in [0.15, 0.2) is 48.5 Å². The Morgan fingerprint density at radius 2 is 1.91 bits per heavy atom. The molecule has 2 aromatic carbocycles. The number of fused-ring (bicyclic) bond motifs is 1. The molecule has 0 spiro atoms. The van der Waals surface area contributed by atoms with Gasteiger partial charge in [0.15, 0.2) is 0 Å². The van der Waals surface area contributed by atoms with Gasteiger partial charge in [0.05, 0.1) is 7.11 Å². The first-order valence-corrected chi connectivity index (χ1v) is 7.79. The summed E-state index contributed by atoms with van der Waals surface area (Å²) in [6.45, 7) is 0.820. The van der Waals surface area contributed by atoms with Crippen LogP contribution in [0.3, 0.4) is 0 Å². The van der Waals surface area contributed by atoms with Crippen LogP contribution in [-0.4, -0.2) is 19.6 Å². The Kier molecular flexibility index (Phi) is 4.42. The van der Waals surface area contributed by atoms with E-state index in [0.717, 1.165) is 37.2 Å². The lowest BCUT2D eigenvalue weighted by Crippen LogP contribution is -2.28. The van der Waals surface area contributed by atoms with Crippen LogP contribution in [0, 0.1) is 0 Å². The molecule has 0 unspecified atom stereocenters. The van der Waals surface area contributed by atoms with Crippen molar-refractivity contribution in [2.45, 2.75) is 25.7 Å². The monoisotopic (exact) mass is 295 g/mol. The summed E-state index contributed by atoms with van der Waals surface area (Å²) >= 11 is 0. The highest BCUT2D eigenvalue weighted by Gasteiger charge is 2.23. The molecule has 0 aliphatic carbocycles. The fourth-order valence-electron chi connectivity index (χ4n) is 2.97. The number of ether oxygens (including phenoxy) is 1. The lowest BCUT2D eigenvalue weighted by Gasteiger charge is -2.17. The van der Waals surface area contributed by atoms with E-state index in [1.165, 1.54) is 11.1 Å². The summed E-state index contributed by atoms with van der Waals surface area (Å²) in [4.78, 5) is 14.3. The summed E-state index contributed by atoms with van der Waals surface area (Å²) in [6.07, 6.45) is 3.37. The van der Waals surface area contributed by atoms with E-state index in [0.29, 0.717) is 6.42 Å². The van der Waals surface area contributed by atoms with E-state index in [9.17, 15) is 4.79 Å². The largest absolute Gasteiger partial charge is 0.497 e. The van der Waals surface area contributed by atoms with E-state index in [1.54, 1.807) is 7.11 Å². The van der Waals surface area contributed by atoms with Crippen LogP contribution in [-0.2, 0) is 17.6 Å². The van der Waals surface area contributed by atoms with E-state index in [-0.39, 0.29) is 5.91 Å². The van der Waals surface area contributed by atoms with Crippen LogP contribution in [0.1, 0.15) is 24.0 Å². The van der Waals surface area contributed by atoms with E-state index >= 15 is 0 Å². The van der Waals surface area contributed by atoms with Gasteiger partial charge in [-0.25, -0.2) is 0 Å². The van der Waals surface area contributed by atoms with Gasteiger partial charge in [0.25, 0.3) is 0 Å². The Morgan fingerprint density at radius 3 is 2.68 bits per heavy atom. The van der Waals surface area contributed by atoms with Gasteiger partial charge in [0.2, 0.25) is 5.91 Å². The molecular weight excluding hydrogens is 274 g/mol. The van der Waals surface area contributed by atoms with Gasteiger partial charge < -0.3 is 9.64 Å². The highest BCUT2D eigenvalue weighted by Crippen LogP contribution is 2.28. The minimum atomic E-state index is 0.235. The van der Waals surface area contributed by atoms with E-state index in [4.69, 9.17) is 4.74 Å². The number of hydrogen-bond donors (Lipinski definition) is 0. The number of nitrogens with zero attached hydrogens (tertiary/aromatic N) is 1. The van der Waals surface area contributed by atoms with Crippen LogP contribution in [0.2, 0.25) is 0 Å². The molecule has 0 radical (unpaired) electrons. The predicted octanol–water partition coefficient (Wildman–Crippen LogP) is 3.61. The number of para-hydroxylation sites is 1. The second-order valence-corrected chi connectivity index (χ2v) is 5.63.